The van der Waals surface area contributed by atoms with Gasteiger partial charge in [0.05, 0.1) is 7.11 Å². The summed E-state index contributed by atoms with van der Waals surface area (Å²) in [6, 6.07) is 0. The van der Waals surface area contributed by atoms with Crippen molar-refractivity contribution in [2.24, 2.45) is 29.4 Å². The van der Waals surface area contributed by atoms with Crippen LogP contribution in [0.15, 0.2) is 24.3 Å². The smallest absolute Gasteiger partial charge is 0.305 e. The summed E-state index contributed by atoms with van der Waals surface area (Å²) in [5, 5.41) is 0. The fourth-order valence-corrected chi connectivity index (χ4v) is 3.56. The molecule has 19 heavy (non-hydrogen) atoms. The van der Waals surface area contributed by atoms with E-state index < -0.39 is 0 Å². The Labute approximate surface area is 115 Å². The van der Waals surface area contributed by atoms with Gasteiger partial charge in [-0.15, -0.1) is 0 Å². The summed E-state index contributed by atoms with van der Waals surface area (Å²) in [5.41, 5.74) is 5.90. The number of carbonyl (C=O) groups is 1. The fourth-order valence-electron chi connectivity index (χ4n) is 3.56. The van der Waals surface area contributed by atoms with Crippen LogP contribution in [0.3, 0.4) is 0 Å². The highest BCUT2D eigenvalue weighted by atomic mass is 16.5. The molecule has 0 heterocycles. The Morgan fingerprint density at radius 1 is 1.32 bits per heavy atom. The maximum Gasteiger partial charge on any atom is 0.305 e. The van der Waals surface area contributed by atoms with Crippen LogP contribution in [0.25, 0.3) is 0 Å². The molecule has 0 spiro atoms. The Morgan fingerprint density at radius 3 is 2.74 bits per heavy atom. The molecule has 0 aromatic carbocycles. The Balaban J connectivity index is 1.68. The van der Waals surface area contributed by atoms with Crippen molar-refractivity contribution in [3.8, 4) is 0 Å². The van der Waals surface area contributed by atoms with Crippen LogP contribution in [0.2, 0.25) is 0 Å². The molecule has 4 unspecified atom stereocenters. The zero-order valence-electron chi connectivity index (χ0n) is 11.8. The molecule has 2 aliphatic rings. The summed E-state index contributed by atoms with van der Waals surface area (Å²) in [5.74, 6) is 2.77. The predicted molar refractivity (Wildman–Crippen MR) is 76.4 cm³/mol. The van der Waals surface area contributed by atoms with Gasteiger partial charge in [0.25, 0.3) is 0 Å². The molecule has 0 radical (unpaired) electrons. The van der Waals surface area contributed by atoms with Crippen molar-refractivity contribution in [2.45, 2.75) is 32.1 Å². The number of allylic oxidation sites excluding steroid dienone is 4. The highest BCUT2D eigenvalue weighted by Crippen LogP contribution is 2.48. The third-order valence-electron chi connectivity index (χ3n) is 4.63. The first-order valence-electron chi connectivity index (χ1n) is 7.36. The number of carbonyl (C=O) groups excluding carboxylic acids is 1. The third kappa shape index (κ3) is 3.47. The van der Waals surface area contributed by atoms with E-state index in [9.17, 15) is 4.79 Å². The molecule has 2 aliphatic carbocycles. The topological polar surface area (TPSA) is 52.3 Å². The summed E-state index contributed by atoms with van der Waals surface area (Å²) in [6.45, 7) is 0.812. The van der Waals surface area contributed by atoms with Gasteiger partial charge in [-0.05, 0) is 55.9 Å². The number of ether oxygens (including phenoxy) is 1. The molecule has 106 valence electrons. The number of hydrogen-bond donors (Lipinski definition) is 1. The first-order chi connectivity index (χ1) is 9.26. The highest BCUT2D eigenvalue weighted by molar-refractivity contribution is 5.69. The van der Waals surface area contributed by atoms with Crippen molar-refractivity contribution in [3.63, 3.8) is 0 Å². The molecule has 0 amide bonds. The second-order valence-electron chi connectivity index (χ2n) is 5.69. The number of hydrogen-bond acceptors (Lipinski definition) is 3. The number of esters is 1. The minimum atomic E-state index is -0.116. The number of rotatable bonds is 7. The minimum Gasteiger partial charge on any atom is -0.469 e. The van der Waals surface area contributed by atoms with Crippen molar-refractivity contribution in [1.29, 1.82) is 0 Å². The van der Waals surface area contributed by atoms with Gasteiger partial charge in [0, 0.05) is 6.42 Å². The van der Waals surface area contributed by atoms with E-state index in [0.29, 0.717) is 12.3 Å². The summed E-state index contributed by atoms with van der Waals surface area (Å²) in [7, 11) is 1.44. The molecule has 2 rings (SSSR count). The number of fused-ring (bicyclic) bond motifs is 2. The van der Waals surface area contributed by atoms with E-state index in [0.717, 1.165) is 43.6 Å². The van der Waals surface area contributed by atoms with Gasteiger partial charge in [-0.3, -0.25) is 4.79 Å². The van der Waals surface area contributed by atoms with Crippen molar-refractivity contribution < 1.29 is 9.53 Å². The predicted octanol–water partition coefficient (Wildman–Crippen LogP) is 2.67. The number of methoxy groups -OCH3 is 1. The van der Waals surface area contributed by atoms with Gasteiger partial charge in [-0.25, -0.2) is 0 Å². The van der Waals surface area contributed by atoms with Crippen LogP contribution in [-0.2, 0) is 9.53 Å². The van der Waals surface area contributed by atoms with E-state index in [4.69, 9.17) is 5.73 Å². The molecule has 1 fully saturated rings. The van der Waals surface area contributed by atoms with Gasteiger partial charge in [-0.2, -0.15) is 0 Å². The van der Waals surface area contributed by atoms with Gasteiger partial charge in [0.2, 0.25) is 0 Å². The average Bonchev–Trinajstić information content (AvgIpc) is 3.02. The van der Waals surface area contributed by atoms with E-state index in [2.05, 4.69) is 29.0 Å². The molecular formula is C16H25NO2. The molecule has 0 aliphatic heterocycles. The molecular weight excluding hydrogens is 238 g/mol. The third-order valence-corrected chi connectivity index (χ3v) is 4.63. The lowest BCUT2D eigenvalue weighted by molar-refractivity contribution is -0.140. The lowest BCUT2D eigenvalue weighted by atomic mass is 9.81. The van der Waals surface area contributed by atoms with Crippen LogP contribution in [0.4, 0.5) is 0 Å². The van der Waals surface area contributed by atoms with Gasteiger partial charge in [-0.1, -0.05) is 24.3 Å². The molecule has 0 saturated heterocycles. The largest absolute Gasteiger partial charge is 0.469 e. The van der Waals surface area contributed by atoms with Crippen LogP contribution >= 0.6 is 0 Å². The summed E-state index contributed by atoms with van der Waals surface area (Å²) < 4.78 is 4.62. The lowest BCUT2D eigenvalue weighted by Crippen LogP contribution is -2.26. The molecule has 2 bridgehead atoms. The molecule has 4 atom stereocenters. The van der Waals surface area contributed by atoms with Gasteiger partial charge in [0.1, 0.15) is 0 Å². The van der Waals surface area contributed by atoms with Gasteiger partial charge in [0.15, 0.2) is 0 Å². The Bertz CT molecular complexity index is 362. The summed E-state index contributed by atoms with van der Waals surface area (Å²) >= 11 is 0. The Morgan fingerprint density at radius 2 is 2.05 bits per heavy atom. The molecule has 1 saturated carbocycles. The summed E-state index contributed by atoms with van der Waals surface area (Å²) in [4.78, 5) is 11.0. The highest BCUT2D eigenvalue weighted by Gasteiger charge is 2.42. The van der Waals surface area contributed by atoms with E-state index in [-0.39, 0.29) is 5.97 Å². The quantitative estimate of drug-likeness (QED) is 0.436. The number of nitrogens with two attached hydrogens (primary N) is 1. The van der Waals surface area contributed by atoms with Crippen molar-refractivity contribution >= 4 is 5.97 Å². The van der Waals surface area contributed by atoms with E-state index in [1.807, 2.05) is 0 Å². The molecule has 3 nitrogen and oxygen atoms in total. The van der Waals surface area contributed by atoms with Crippen LogP contribution in [0.1, 0.15) is 32.1 Å². The van der Waals surface area contributed by atoms with E-state index in [1.165, 1.54) is 13.5 Å². The zero-order chi connectivity index (χ0) is 13.7. The van der Waals surface area contributed by atoms with Crippen molar-refractivity contribution in [1.82, 2.24) is 0 Å². The van der Waals surface area contributed by atoms with Crippen LogP contribution in [-0.4, -0.2) is 19.6 Å². The van der Waals surface area contributed by atoms with E-state index in [1.54, 1.807) is 0 Å². The normalized spacial score (nSPS) is 32.3. The standard InChI is InChI=1S/C16H25NO2/c1-19-16(18)7-5-3-2-4-6-14-12-8-9-13(10-12)15(14)11-17/h2,4,8-9,12-15H,3,5-7,10-11,17H2,1H3. The first-order valence-corrected chi connectivity index (χ1v) is 7.36. The van der Waals surface area contributed by atoms with Crippen LogP contribution in [0, 0.1) is 23.7 Å². The average molecular weight is 263 g/mol. The fraction of sp³-hybridized carbons (Fsp3) is 0.688. The van der Waals surface area contributed by atoms with Crippen LogP contribution in [0.5, 0.6) is 0 Å². The zero-order valence-corrected chi connectivity index (χ0v) is 11.8. The van der Waals surface area contributed by atoms with Crippen molar-refractivity contribution in [2.75, 3.05) is 13.7 Å². The Hall–Kier alpha value is -1.09. The maximum atomic E-state index is 11.0. The Kier molecular flexibility index (Phi) is 5.20. The monoisotopic (exact) mass is 263 g/mol. The second-order valence-corrected chi connectivity index (χ2v) is 5.69. The summed E-state index contributed by atoms with van der Waals surface area (Å²) in [6.07, 6.45) is 14.0. The van der Waals surface area contributed by atoms with Crippen molar-refractivity contribution in [3.05, 3.63) is 24.3 Å². The van der Waals surface area contributed by atoms with Gasteiger partial charge < -0.3 is 10.5 Å². The van der Waals surface area contributed by atoms with Gasteiger partial charge >= 0.3 is 5.97 Å². The SMILES string of the molecule is COC(=O)CCCC=CCC1C2C=CC(C2)C1CN. The maximum absolute atomic E-state index is 11.0. The number of unbranched alkanes of at least 4 members (excludes halogenated alkanes) is 1. The second kappa shape index (κ2) is 6.90. The van der Waals surface area contributed by atoms with Crippen LogP contribution < -0.4 is 5.73 Å². The minimum absolute atomic E-state index is 0.116. The lowest BCUT2D eigenvalue weighted by Gasteiger charge is -2.25. The molecule has 3 heteroatoms. The molecule has 0 aromatic rings. The molecule has 0 aromatic heterocycles. The molecule has 2 N–H and O–H groups in total. The van der Waals surface area contributed by atoms with E-state index >= 15 is 0 Å². The first kappa shape index (κ1) is 14.3.